The van der Waals surface area contributed by atoms with Crippen molar-refractivity contribution in [3.05, 3.63) is 59.4 Å². The number of carbonyl (C=O) groups excluding carboxylic acids is 1. The fraction of sp³-hybridized carbons (Fsp3) is 0.300. The van der Waals surface area contributed by atoms with Crippen LogP contribution in [0.3, 0.4) is 0 Å². The first-order chi connectivity index (χ1) is 13.2. The van der Waals surface area contributed by atoms with Crippen molar-refractivity contribution in [2.75, 3.05) is 11.9 Å². The van der Waals surface area contributed by atoms with Gasteiger partial charge in [0.1, 0.15) is 0 Å². The third-order valence-corrected chi connectivity index (χ3v) is 4.15. The molecule has 0 aliphatic rings. The number of nitriles is 1. The van der Waals surface area contributed by atoms with E-state index < -0.39 is 0 Å². The molecule has 0 saturated carbocycles. The van der Waals surface area contributed by atoms with Crippen LogP contribution in [0.15, 0.2) is 53.8 Å². The molecule has 2 N–H and O–H groups in total. The molecule has 0 unspecified atom stereocenters. The van der Waals surface area contributed by atoms with Gasteiger partial charge in [0.05, 0.1) is 0 Å². The van der Waals surface area contributed by atoms with Crippen LogP contribution in [0.2, 0.25) is 5.02 Å². The number of carbonyl (C=O) groups is 1. The Hall–Kier alpha value is -2.91. The number of halogens is 1. The van der Waals surface area contributed by atoms with Crippen molar-refractivity contribution in [2.24, 2.45) is 4.99 Å². The molecule has 0 saturated heterocycles. The van der Waals surface area contributed by atoms with Gasteiger partial charge in [0.25, 0.3) is 0 Å². The third-order valence-electron chi connectivity index (χ3n) is 3.89. The van der Waals surface area contributed by atoms with E-state index in [9.17, 15) is 4.79 Å². The average molecular weight is 384 g/mol. The van der Waals surface area contributed by atoms with Crippen LogP contribution in [0.25, 0.3) is 0 Å². The van der Waals surface area contributed by atoms with Crippen molar-refractivity contribution < 1.29 is 4.79 Å². The molecule has 0 atom stereocenters. The van der Waals surface area contributed by atoms with Crippen molar-refractivity contribution in [3.63, 3.8) is 0 Å². The summed E-state index contributed by atoms with van der Waals surface area (Å²) in [6.45, 7) is 0.698. The number of hydrogen-bond donors (Lipinski definition) is 2. The summed E-state index contributed by atoms with van der Waals surface area (Å²) in [7, 11) is 0. The Kier molecular flexibility index (Phi) is 8.81. The Labute approximate surface area is 164 Å². The summed E-state index contributed by atoms with van der Waals surface area (Å²) in [6.07, 6.45) is 9.41. The van der Waals surface area contributed by atoms with Crippen molar-refractivity contribution >= 4 is 29.0 Å². The highest BCUT2D eigenvalue weighted by molar-refractivity contribution is 6.30. The lowest BCUT2D eigenvalue weighted by Crippen LogP contribution is -2.31. The van der Waals surface area contributed by atoms with Crippen molar-refractivity contribution in [3.8, 4) is 6.19 Å². The average Bonchev–Trinajstić information content (AvgIpc) is 2.68. The second kappa shape index (κ2) is 11.7. The van der Waals surface area contributed by atoms with Gasteiger partial charge in [0.2, 0.25) is 12.2 Å². The second-order valence-corrected chi connectivity index (χ2v) is 6.38. The number of guanidine groups is 1. The van der Waals surface area contributed by atoms with Crippen LogP contribution >= 0.6 is 11.6 Å². The van der Waals surface area contributed by atoms with Crippen molar-refractivity contribution in [1.29, 1.82) is 5.26 Å². The van der Waals surface area contributed by atoms with Crippen LogP contribution in [0.4, 0.5) is 5.69 Å². The van der Waals surface area contributed by atoms with Gasteiger partial charge in [-0.3, -0.25) is 9.78 Å². The van der Waals surface area contributed by atoms with Crippen molar-refractivity contribution in [2.45, 2.75) is 32.1 Å². The molecule has 140 valence electrons. The molecule has 1 aromatic carbocycles. The second-order valence-electron chi connectivity index (χ2n) is 5.94. The molecule has 27 heavy (non-hydrogen) atoms. The van der Waals surface area contributed by atoms with Gasteiger partial charge in [0.15, 0.2) is 5.78 Å². The summed E-state index contributed by atoms with van der Waals surface area (Å²) in [5.74, 6) is 0.566. The maximum atomic E-state index is 12.1. The molecule has 2 rings (SSSR count). The molecule has 6 nitrogen and oxygen atoms in total. The number of ketones is 1. The number of pyridine rings is 1. The van der Waals surface area contributed by atoms with E-state index in [4.69, 9.17) is 16.9 Å². The zero-order valence-corrected chi connectivity index (χ0v) is 15.7. The van der Waals surface area contributed by atoms with E-state index >= 15 is 0 Å². The molecule has 2 aromatic rings. The maximum Gasteiger partial charge on any atom is 0.211 e. The largest absolute Gasteiger partial charge is 0.355 e. The molecule has 0 fully saturated rings. The lowest BCUT2D eigenvalue weighted by molar-refractivity contribution is 0.0979. The predicted octanol–water partition coefficient (Wildman–Crippen LogP) is 4.41. The van der Waals surface area contributed by atoms with Gasteiger partial charge in [-0.25, -0.2) is 0 Å². The van der Waals surface area contributed by atoms with E-state index in [0.717, 1.165) is 31.4 Å². The molecule has 7 heteroatoms. The summed E-state index contributed by atoms with van der Waals surface area (Å²) in [4.78, 5) is 19.7. The highest BCUT2D eigenvalue weighted by Gasteiger charge is 2.05. The van der Waals surface area contributed by atoms with E-state index in [-0.39, 0.29) is 5.78 Å². The van der Waals surface area contributed by atoms with E-state index in [1.54, 1.807) is 55.0 Å². The standard InChI is InChI=1S/C20H22ClN5O/c21-17-8-6-16(7-9-17)19(27)5-3-1-2-4-12-24-20(25-15-22)26-18-10-13-23-14-11-18/h6-11,13-14H,1-5,12H2,(H2,23,24,25,26). The molecule has 0 bridgehead atoms. The molecule has 0 amide bonds. The zero-order valence-electron chi connectivity index (χ0n) is 15.0. The number of anilines is 1. The van der Waals surface area contributed by atoms with Gasteiger partial charge in [-0.2, -0.15) is 5.26 Å². The van der Waals surface area contributed by atoms with Gasteiger partial charge in [-0.05, 0) is 49.2 Å². The van der Waals surface area contributed by atoms with Gasteiger partial charge in [0, 0.05) is 41.6 Å². The van der Waals surface area contributed by atoms with E-state index in [1.807, 2.05) is 0 Å². The van der Waals surface area contributed by atoms with Crippen LogP contribution in [0.1, 0.15) is 42.5 Å². The molecule has 0 aliphatic heterocycles. The minimum absolute atomic E-state index is 0.148. The van der Waals surface area contributed by atoms with Gasteiger partial charge in [-0.15, -0.1) is 4.99 Å². The quantitative estimate of drug-likeness (QED) is 0.220. The summed E-state index contributed by atoms with van der Waals surface area (Å²) >= 11 is 5.83. The molecular weight excluding hydrogens is 362 g/mol. The fourth-order valence-corrected chi connectivity index (χ4v) is 2.61. The predicted molar refractivity (Wildman–Crippen MR) is 108 cm³/mol. The molecule has 0 radical (unpaired) electrons. The van der Waals surface area contributed by atoms with Gasteiger partial charge in [-0.1, -0.05) is 24.4 Å². The number of aliphatic imine (C=N–C) groups is 1. The number of hydrogen-bond acceptors (Lipinski definition) is 4. The van der Waals surface area contributed by atoms with Crippen LogP contribution in [0.5, 0.6) is 0 Å². The molecule has 0 aliphatic carbocycles. The third kappa shape index (κ3) is 7.89. The van der Waals surface area contributed by atoms with Crippen molar-refractivity contribution in [1.82, 2.24) is 10.3 Å². The van der Waals surface area contributed by atoms with Crippen LogP contribution in [0, 0.1) is 11.5 Å². The summed E-state index contributed by atoms with van der Waals surface area (Å²) in [6, 6.07) is 10.6. The Morgan fingerprint density at radius 2 is 1.78 bits per heavy atom. The summed E-state index contributed by atoms with van der Waals surface area (Å²) in [5.41, 5.74) is 1.52. The normalized spacial score (nSPS) is 10.9. The first kappa shape index (κ1) is 20.4. The van der Waals surface area contributed by atoms with E-state index in [0.29, 0.717) is 29.5 Å². The van der Waals surface area contributed by atoms with E-state index in [1.165, 1.54) is 0 Å². The SMILES string of the molecule is N#CN=C(NCCCCCCC(=O)c1ccc(Cl)cc1)Nc1ccncc1. The topological polar surface area (TPSA) is 90.2 Å². The first-order valence-corrected chi connectivity index (χ1v) is 9.23. The smallest absolute Gasteiger partial charge is 0.211 e. The minimum atomic E-state index is 0.148. The summed E-state index contributed by atoms with van der Waals surface area (Å²) in [5, 5.41) is 15.6. The Morgan fingerprint density at radius 3 is 2.48 bits per heavy atom. The molecular formula is C20H22ClN5O. The molecule has 0 spiro atoms. The highest BCUT2D eigenvalue weighted by atomic mass is 35.5. The monoisotopic (exact) mass is 383 g/mol. The molecule has 1 heterocycles. The van der Waals surface area contributed by atoms with E-state index in [2.05, 4.69) is 20.6 Å². The fourth-order valence-electron chi connectivity index (χ4n) is 2.48. The first-order valence-electron chi connectivity index (χ1n) is 8.85. The summed E-state index contributed by atoms with van der Waals surface area (Å²) < 4.78 is 0. The highest BCUT2D eigenvalue weighted by Crippen LogP contribution is 2.13. The lowest BCUT2D eigenvalue weighted by Gasteiger charge is -2.10. The number of benzene rings is 1. The lowest BCUT2D eigenvalue weighted by atomic mass is 10.0. The number of nitrogens with one attached hydrogen (secondary N) is 2. The number of aromatic nitrogens is 1. The maximum absolute atomic E-state index is 12.1. The Balaban J connectivity index is 1.60. The number of unbranched alkanes of at least 4 members (excludes halogenated alkanes) is 3. The van der Waals surface area contributed by atoms with Crippen LogP contribution in [-0.4, -0.2) is 23.3 Å². The molecule has 1 aromatic heterocycles. The van der Waals surface area contributed by atoms with Gasteiger partial charge < -0.3 is 10.6 Å². The van der Waals surface area contributed by atoms with Crippen LogP contribution in [-0.2, 0) is 0 Å². The zero-order chi connectivity index (χ0) is 19.3. The number of rotatable bonds is 9. The number of Topliss-reactive ketones (excluding diaryl/α,β-unsaturated/α-hetero) is 1. The Bertz CT molecular complexity index is 784. The minimum Gasteiger partial charge on any atom is -0.355 e. The number of nitrogens with zero attached hydrogens (tertiary/aromatic N) is 3. The van der Waals surface area contributed by atoms with Crippen LogP contribution < -0.4 is 10.6 Å². The van der Waals surface area contributed by atoms with Gasteiger partial charge >= 0.3 is 0 Å². The Morgan fingerprint density at radius 1 is 1.07 bits per heavy atom.